The van der Waals surface area contributed by atoms with Gasteiger partial charge >= 0.3 is 15.1 Å². The maximum absolute atomic E-state index is 6.31. The lowest BCUT2D eigenvalue weighted by atomic mass is 9.91. The molecular formula is C35H25AlN2O3. The van der Waals surface area contributed by atoms with Crippen LogP contribution in [0.4, 0.5) is 11.4 Å². The van der Waals surface area contributed by atoms with Crippen molar-refractivity contribution in [2.45, 2.75) is 0 Å². The topological polar surface area (TPSA) is 52.4 Å². The van der Waals surface area contributed by atoms with E-state index in [1.54, 1.807) is 7.11 Å². The number of hydrogen-bond acceptors (Lipinski definition) is 5. The first-order valence-electron chi connectivity index (χ1n) is 13.4. The van der Waals surface area contributed by atoms with E-state index in [4.69, 9.17) is 21.4 Å². The van der Waals surface area contributed by atoms with Crippen LogP contribution >= 0.6 is 0 Å². The maximum Gasteiger partial charge on any atom is 1.10 e. The van der Waals surface area contributed by atoms with Crippen molar-refractivity contribution in [1.82, 2.24) is 0 Å². The molecular weight excluding hydrogens is 523 g/mol. The molecule has 1 aliphatic heterocycles. The van der Waals surface area contributed by atoms with Crippen molar-refractivity contribution < 1.29 is 11.4 Å². The molecule has 0 atom stereocenters. The second-order valence-corrected chi connectivity index (χ2v) is 11.2. The molecule has 5 nitrogen and oxygen atoms in total. The van der Waals surface area contributed by atoms with Gasteiger partial charge in [0.15, 0.2) is 0 Å². The van der Waals surface area contributed by atoms with Gasteiger partial charge in [-0.25, -0.2) is 0 Å². The molecule has 41 heavy (non-hydrogen) atoms. The number of fused-ring (bicyclic) bond motifs is 9. The average molecular weight is 549 g/mol. The van der Waals surface area contributed by atoms with Crippen LogP contribution in [0.5, 0.6) is 11.5 Å². The van der Waals surface area contributed by atoms with Gasteiger partial charge < -0.3 is 11.4 Å². The van der Waals surface area contributed by atoms with Crippen LogP contribution in [0.25, 0.3) is 32.7 Å². The monoisotopic (exact) mass is 548 g/mol. The summed E-state index contributed by atoms with van der Waals surface area (Å²) in [5.74, 6) is 1.31. The highest BCUT2D eigenvalue weighted by atomic mass is 27.3. The van der Waals surface area contributed by atoms with E-state index in [9.17, 15) is 0 Å². The lowest BCUT2D eigenvalue weighted by Gasteiger charge is -2.16. The van der Waals surface area contributed by atoms with Gasteiger partial charge in [-0.15, -0.1) is 0 Å². The van der Waals surface area contributed by atoms with Crippen molar-refractivity contribution >= 4 is 60.5 Å². The van der Waals surface area contributed by atoms with Crippen LogP contribution in [0.3, 0.4) is 0 Å². The Morgan fingerprint density at radius 2 is 0.951 bits per heavy atom. The van der Waals surface area contributed by atoms with Crippen molar-refractivity contribution in [3.05, 3.63) is 132 Å². The second kappa shape index (κ2) is 11.0. The number of nitrogens with zero attached hydrogens (tertiary/aromatic N) is 2. The van der Waals surface area contributed by atoms with Crippen LogP contribution in [-0.2, 0) is 3.79 Å². The summed E-state index contributed by atoms with van der Waals surface area (Å²) < 4.78 is 18.3. The summed E-state index contributed by atoms with van der Waals surface area (Å²) in [5, 5.41) is 4.50. The summed E-state index contributed by atoms with van der Waals surface area (Å²) in [5.41, 5.74) is 5.43. The Hall–Kier alpha value is -4.73. The Bertz CT molecular complexity index is 1830. The van der Waals surface area contributed by atoms with E-state index in [0.29, 0.717) is 11.5 Å². The normalized spacial score (nSPS) is 12.8. The van der Waals surface area contributed by atoms with Crippen molar-refractivity contribution in [3.63, 3.8) is 0 Å². The highest BCUT2D eigenvalue weighted by Gasteiger charge is 2.39. The first-order chi connectivity index (χ1) is 20.3. The van der Waals surface area contributed by atoms with E-state index >= 15 is 0 Å². The number of rotatable bonds is 1. The third kappa shape index (κ3) is 4.90. The molecule has 0 bridgehead atoms. The van der Waals surface area contributed by atoms with E-state index < -0.39 is 15.1 Å². The number of hydrogen-bond donors (Lipinski definition) is 0. The van der Waals surface area contributed by atoms with Crippen LogP contribution in [0, 0.1) is 0 Å². The molecule has 0 unspecified atom stereocenters. The standard InChI is InChI=1S/C34H24N2O2.CH3O.Al/c37-31-15-7-3-11-25(31)21-35-29-19-17-23-9-1-5-13-27(23)33(29)34-28-14-6-2-10-24(28)18-20-30(34)36-22-26-12-4-8-16-32(26)38;1-2;/h1-22,37-38H;1H3;/q;-1;+3/p-2. The molecule has 0 aromatic heterocycles. The van der Waals surface area contributed by atoms with Crippen molar-refractivity contribution in [3.8, 4) is 22.6 Å². The molecule has 0 saturated carbocycles. The zero-order valence-corrected chi connectivity index (χ0v) is 23.6. The lowest BCUT2D eigenvalue weighted by molar-refractivity contribution is 0.247. The molecule has 6 aromatic carbocycles. The van der Waals surface area contributed by atoms with Gasteiger partial charge in [-0.3, -0.25) is 9.98 Å². The molecule has 6 aromatic rings. The largest absolute Gasteiger partial charge is 1.10 e. The summed E-state index contributed by atoms with van der Waals surface area (Å²) in [6, 6.07) is 40.9. The fourth-order valence-corrected chi connectivity index (χ4v) is 6.34. The van der Waals surface area contributed by atoms with Crippen molar-refractivity contribution in [2.24, 2.45) is 9.98 Å². The molecule has 196 valence electrons. The molecule has 0 amide bonds. The van der Waals surface area contributed by atoms with Gasteiger partial charge in [0.1, 0.15) is 0 Å². The summed E-state index contributed by atoms with van der Waals surface area (Å²) in [7, 11) is 1.61. The molecule has 0 radical (unpaired) electrons. The number of benzene rings is 6. The summed E-state index contributed by atoms with van der Waals surface area (Å²) in [6.45, 7) is 0. The Kier molecular flexibility index (Phi) is 6.80. The summed E-state index contributed by atoms with van der Waals surface area (Å²) >= 11 is -2.60. The van der Waals surface area contributed by atoms with Gasteiger partial charge in [0.25, 0.3) is 0 Å². The minimum Gasteiger partial charge on any atom is -0.588 e. The fourth-order valence-electron chi connectivity index (χ4n) is 5.26. The minimum absolute atomic E-state index is 0.656. The Morgan fingerprint density at radius 3 is 1.44 bits per heavy atom. The van der Waals surface area contributed by atoms with Crippen LogP contribution in [0.15, 0.2) is 131 Å². The highest BCUT2D eigenvalue weighted by molar-refractivity contribution is 6.38. The van der Waals surface area contributed by atoms with E-state index in [1.807, 2.05) is 61.0 Å². The van der Waals surface area contributed by atoms with Gasteiger partial charge in [0.2, 0.25) is 0 Å². The molecule has 1 aliphatic rings. The molecule has 7 rings (SSSR count). The Labute approximate surface area is 243 Å². The maximum atomic E-state index is 6.31. The van der Waals surface area contributed by atoms with Crippen LogP contribution in [0.1, 0.15) is 11.1 Å². The molecule has 1 heterocycles. The van der Waals surface area contributed by atoms with Crippen molar-refractivity contribution in [2.75, 3.05) is 7.11 Å². The smallest absolute Gasteiger partial charge is 0.588 e. The third-order valence-electron chi connectivity index (χ3n) is 7.23. The molecule has 0 aliphatic carbocycles. The number of para-hydroxylation sites is 2. The molecule has 0 spiro atoms. The Balaban J connectivity index is 1.57. The van der Waals surface area contributed by atoms with Crippen LogP contribution in [-0.4, -0.2) is 34.7 Å². The predicted molar refractivity (Wildman–Crippen MR) is 168 cm³/mol. The van der Waals surface area contributed by atoms with Gasteiger partial charge in [0, 0.05) is 41.8 Å². The fraction of sp³-hybridized carbons (Fsp3) is 0.0286. The zero-order chi connectivity index (χ0) is 27.6. The van der Waals surface area contributed by atoms with E-state index in [-0.39, 0.29) is 0 Å². The number of aliphatic imine (C=N–C) groups is 2. The Morgan fingerprint density at radius 1 is 0.512 bits per heavy atom. The minimum atomic E-state index is -2.60. The summed E-state index contributed by atoms with van der Waals surface area (Å²) in [4.78, 5) is 10.1. The molecule has 6 heteroatoms. The first kappa shape index (κ1) is 25.3. The average Bonchev–Trinajstić information content (AvgIpc) is 3.03. The van der Waals surface area contributed by atoms with Gasteiger partial charge in [-0.2, -0.15) is 0 Å². The van der Waals surface area contributed by atoms with Gasteiger partial charge in [-0.1, -0.05) is 84.9 Å². The summed E-state index contributed by atoms with van der Waals surface area (Å²) in [6.07, 6.45) is 3.71. The quantitative estimate of drug-likeness (QED) is 0.194. The van der Waals surface area contributed by atoms with Crippen LogP contribution in [0.2, 0.25) is 0 Å². The zero-order valence-electron chi connectivity index (χ0n) is 22.4. The van der Waals surface area contributed by atoms with Gasteiger partial charge in [0.05, 0.1) is 22.9 Å². The SMILES string of the molecule is C[O][Al]1[O]c2ccccc2C=Nc2ccc3ccccc3c2-c2c(ccc3ccccc23)N=Cc2ccccc2[O]1. The lowest BCUT2D eigenvalue weighted by Crippen LogP contribution is -2.33. The van der Waals surface area contributed by atoms with Crippen molar-refractivity contribution in [1.29, 1.82) is 0 Å². The predicted octanol–water partition coefficient (Wildman–Crippen LogP) is 8.56. The second-order valence-electron chi connectivity index (χ2n) is 9.71. The third-order valence-corrected chi connectivity index (χ3v) is 8.50. The first-order valence-corrected chi connectivity index (χ1v) is 14.9. The van der Waals surface area contributed by atoms with E-state index in [2.05, 4.69) is 72.8 Å². The molecule has 0 fully saturated rings. The van der Waals surface area contributed by atoms with Crippen LogP contribution < -0.4 is 7.58 Å². The van der Waals surface area contributed by atoms with E-state index in [1.165, 1.54) is 0 Å². The van der Waals surface area contributed by atoms with E-state index in [0.717, 1.165) is 55.2 Å². The molecule has 0 N–H and O–H groups in total. The highest BCUT2D eigenvalue weighted by Crippen LogP contribution is 2.45. The molecule has 0 saturated heterocycles. The van der Waals surface area contributed by atoms with Gasteiger partial charge in [-0.05, 0) is 57.9 Å².